The Balaban J connectivity index is 1.94. The van der Waals surface area contributed by atoms with Crippen molar-refractivity contribution >= 4 is 33.5 Å². The number of aliphatic imine (C=N–C) groups is 1. The molecule has 0 unspecified atom stereocenters. The van der Waals surface area contributed by atoms with Crippen LogP contribution in [0.15, 0.2) is 76.2 Å². The highest BCUT2D eigenvalue weighted by molar-refractivity contribution is 9.10. The fourth-order valence-electron chi connectivity index (χ4n) is 2.58. The van der Waals surface area contributed by atoms with Gasteiger partial charge in [-0.05, 0) is 51.7 Å². The zero-order valence-electron chi connectivity index (χ0n) is 13.7. The standard InChI is InChI=1S/C20H15BrN2O3/c21-17-12-15(10-14-6-2-1-3-7-14)11-16(20(17)24)13-22-18-8-4-5-9-19(18)23(25)26/h1-9,11-13,24H,10H2. The zero-order valence-corrected chi connectivity index (χ0v) is 15.3. The summed E-state index contributed by atoms with van der Waals surface area (Å²) in [5.74, 6) is 0.0455. The van der Waals surface area contributed by atoms with Crippen molar-refractivity contribution in [2.75, 3.05) is 0 Å². The number of nitro benzene ring substituents is 1. The number of para-hydroxylation sites is 2. The monoisotopic (exact) mass is 410 g/mol. The van der Waals surface area contributed by atoms with E-state index < -0.39 is 4.92 Å². The first kappa shape index (κ1) is 17.8. The van der Waals surface area contributed by atoms with Crippen LogP contribution in [0.5, 0.6) is 5.75 Å². The topological polar surface area (TPSA) is 75.7 Å². The molecule has 0 amide bonds. The van der Waals surface area contributed by atoms with Gasteiger partial charge in [0.25, 0.3) is 5.69 Å². The Morgan fingerprint density at radius 3 is 2.46 bits per heavy atom. The summed E-state index contributed by atoms with van der Waals surface area (Å²) in [7, 11) is 0. The minimum absolute atomic E-state index is 0.0455. The number of halogens is 1. The van der Waals surface area contributed by atoms with E-state index in [2.05, 4.69) is 20.9 Å². The summed E-state index contributed by atoms with van der Waals surface area (Å²) < 4.78 is 0.551. The normalized spacial score (nSPS) is 11.0. The molecular formula is C20H15BrN2O3. The molecule has 3 rings (SSSR count). The molecule has 0 heterocycles. The molecule has 0 radical (unpaired) electrons. The van der Waals surface area contributed by atoms with E-state index in [4.69, 9.17) is 0 Å². The van der Waals surface area contributed by atoms with E-state index in [0.29, 0.717) is 16.5 Å². The molecule has 130 valence electrons. The smallest absolute Gasteiger partial charge is 0.294 e. The van der Waals surface area contributed by atoms with Crippen LogP contribution >= 0.6 is 15.9 Å². The van der Waals surface area contributed by atoms with Gasteiger partial charge in [-0.15, -0.1) is 0 Å². The van der Waals surface area contributed by atoms with Crippen molar-refractivity contribution in [2.24, 2.45) is 4.99 Å². The summed E-state index contributed by atoms with van der Waals surface area (Å²) in [6, 6.07) is 19.9. The molecule has 0 saturated carbocycles. The minimum Gasteiger partial charge on any atom is -0.506 e. The maximum atomic E-state index is 11.1. The molecule has 26 heavy (non-hydrogen) atoms. The van der Waals surface area contributed by atoms with Crippen molar-refractivity contribution in [1.29, 1.82) is 0 Å². The number of rotatable bonds is 5. The molecule has 3 aromatic rings. The number of nitro groups is 1. The lowest BCUT2D eigenvalue weighted by atomic mass is 10.0. The number of benzene rings is 3. The molecule has 1 N–H and O–H groups in total. The first-order valence-corrected chi connectivity index (χ1v) is 8.66. The van der Waals surface area contributed by atoms with Crippen LogP contribution < -0.4 is 0 Å². The molecule has 0 bridgehead atoms. The summed E-state index contributed by atoms with van der Waals surface area (Å²) in [6.45, 7) is 0. The van der Waals surface area contributed by atoms with Crippen LogP contribution in [0.25, 0.3) is 0 Å². The van der Waals surface area contributed by atoms with Crippen LogP contribution in [0.1, 0.15) is 16.7 Å². The van der Waals surface area contributed by atoms with Gasteiger partial charge in [0, 0.05) is 17.8 Å². The molecule has 0 saturated heterocycles. The van der Waals surface area contributed by atoms with Crippen molar-refractivity contribution in [2.45, 2.75) is 6.42 Å². The Morgan fingerprint density at radius 2 is 1.73 bits per heavy atom. The number of phenolic OH excluding ortho intramolecular Hbond substituents is 1. The van der Waals surface area contributed by atoms with E-state index in [1.54, 1.807) is 18.2 Å². The first-order valence-electron chi connectivity index (χ1n) is 7.87. The summed E-state index contributed by atoms with van der Waals surface area (Å²) in [5, 5.41) is 21.4. The van der Waals surface area contributed by atoms with Gasteiger partial charge in [-0.2, -0.15) is 0 Å². The zero-order chi connectivity index (χ0) is 18.5. The molecule has 3 aromatic carbocycles. The van der Waals surface area contributed by atoms with Crippen LogP contribution in [0.2, 0.25) is 0 Å². The maximum Gasteiger partial charge on any atom is 0.294 e. The van der Waals surface area contributed by atoms with Gasteiger partial charge in [-0.3, -0.25) is 10.1 Å². The van der Waals surface area contributed by atoms with Gasteiger partial charge in [0.15, 0.2) is 0 Å². The van der Waals surface area contributed by atoms with Crippen LogP contribution in [0.3, 0.4) is 0 Å². The largest absolute Gasteiger partial charge is 0.506 e. The van der Waals surface area contributed by atoms with E-state index in [9.17, 15) is 15.2 Å². The van der Waals surface area contributed by atoms with Gasteiger partial charge in [-0.1, -0.05) is 42.5 Å². The molecule has 0 spiro atoms. The second kappa shape index (κ2) is 7.93. The maximum absolute atomic E-state index is 11.1. The van der Waals surface area contributed by atoms with E-state index >= 15 is 0 Å². The lowest BCUT2D eigenvalue weighted by Crippen LogP contribution is -1.93. The highest BCUT2D eigenvalue weighted by Gasteiger charge is 2.12. The van der Waals surface area contributed by atoms with Gasteiger partial charge in [0.05, 0.1) is 9.40 Å². The molecule has 6 heteroatoms. The van der Waals surface area contributed by atoms with Gasteiger partial charge in [0.2, 0.25) is 0 Å². The second-order valence-electron chi connectivity index (χ2n) is 5.68. The quantitative estimate of drug-likeness (QED) is 0.347. The highest BCUT2D eigenvalue weighted by Crippen LogP contribution is 2.31. The third-order valence-corrected chi connectivity index (χ3v) is 4.43. The summed E-state index contributed by atoms with van der Waals surface area (Å²) in [6.07, 6.45) is 2.14. The van der Waals surface area contributed by atoms with Crippen molar-refractivity contribution in [3.05, 3.63) is 98.0 Å². The second-order valence-corrected chi connectivity index (χ2v) is 6.54. The van der Waals surface area contributed by atoms with Gasteiger partial charge < -0.3 is 5.11 Å². The summed E-state index contributed by atoms with van der Waals surface area (Å²) >= 11 is 3.35. The molecule has 0 aliphatic rings. The lowest BCUT2D eigenvalue weighted by molar-refractivity contribution is -0.384. The van der Waals surface area contributed by atoms with Crippen LogP contribution in [0.4, 0.5) is 11.4 Å². The summed E-state index contributed by atoms with van der Waals surface area (Å²) in [4.78, 5) is 14.8. The Labute approximate surface area is 158 Å². The molecule has 0 aliphatic heterocycles. The number of hydrogen-bond donors (Lipinski definition) is 1. The van der Waals surface area contributed by atoms with Gasteiger partial charge in [0.1, 0.15) is 11.4 Å². The predicted octanol–water partition coefficient (Wildman–Crippen LogP) is 5.40. The van der Waals surface area contributed by atoms with E-state index in [-0.39, 0.29) is 17.1 Å². The average molecular weight is 411 g/mol. The van der Waals surface area contributed by atoms with Crippen molar-refractivity contribution in [3.8, 4) is 5.75 Å². The molecule has 0 atom stereocenters. The number of aromatic hydroxyl groups is 1. The number of phenols is 1. The number of nitrogens with zero attached hydrogens (tertiary/aromatic N) is 2. The molecule has 0 aliphatic carbocycles. The molecule has 0 fully saturated rings. The van der Waals surface area contributed by atoms with E-state index in [1.807, 2.05) is 42.5 Å². The summed E-state index contributed by atoms with van der Waals surface area (Å²) in [5.41, 5.74) is 2.78. The van der Waals surface area contributed by atoms with Crippen molar-refractivity contribution in [1.82, 2.24) is 0 Å². The molecular weight excluding hydrogens is 396 g/mol. The Bertz CT molecular complexity index is 972. The molecule has 0 aromatic heterocycles. The Kier molecular flexibility index (Phi) is 5.43. The third-order valence-electron chi connectivity index (χ3n) is 3.82. The SMILES string of the molecule is O=[N+]([O-])c1ccccc1N=Cc1cc(Cc2ccccc2)cc(Br)c1O. The minimum atomic E-state index is -0.478. The van der Waals surface area contributed by atoms with Gasteiger partial charge >= 0.3 is 0 Å². The van der Waals surface area contributed by atoms with Crippen LogP contribution in [-0.2, 0) is 6.42 Å². The predicted molar refractivity (Wildman–Crippen MR) is 105 cm³/mol. The van der Waals surface area contributed by atoms with E-state index in [1.165, 1.54) is 12.3 Å². The Hall–Kier alpha value is -2.99. The lowest BCUT2D eigenvalue weighted by Gasteiger charge is -2.07. The van der Waals surface area contributed by atoms with Crippen LogP contribution in [0, 0.1) is 10.1 Å². The average Bonchev–Trinajstić information content (AvgIpc) is 2.64. The number of hydrogen-bond acceptors (Lipinski definition) is 4. The third kappa shape index (κ3) is 4.15. The highest BCUT2D eigenvalue weighted by atomic mass is 79.9. The van der Waals surface area contributed by atoms with Crippen molar-refractivity contribution < 1.29 is 10.0 Å². The van der Waals surface area contributed by atoms with E-state index in [0.717, 1.165) is 11.1 Å². The fraction of sp³-hybridized carbons (Fsp3) is 0.0500. The first-order chi connectivity index (χ1) is 12.5. The van der Waals surface area contributed by atoms with Gasteiger partial charge in [-0.25, -0.2) is 4.99 Å². The van der Waals surface area contributed by atoms with Crippen LogP contribution in [-0.4, -0.2) is 16.2 Å². The Morgan fingerprint density at radius 1 is 1.04 bits per heavy atom. The fourth-order valence-corrected chi connectivity index (χ4v) is 3.10. The molecule has 5 nitrogen and oxygen atoms in total. The van der Waals surface area contributed by atoms with Crippen molar-refractivity contribution in [3.63, 3.8) is 0 Å².